The Morgan fingerprint density at radius 1 is 1.10 bits per heavy atom. The molecular weight excluding hydrogens is 270 g/mol. The van der Waals surface area contributed by atoms with E-state index in [-0.39, 0.29) is 22.7 Å². The SMILES string of the molecule is COc1cc2c(=O)c3ccccc3n(C)c2c(OC)c1O. The van der Waals surface area contributed by atoms with Gasteiger partial charge in [-0.05, 0) is 18.2 Å². The van der Waals surface area contributed by atoms with Gasteiger partial charge in [0.2, 0.25) is 5.75 Å². The fourth-order valence-corrected chi connectivity index (χ4v) is 2.69. The topological polar surface area (TPSA) is 60.7 Å². The van der Waals surface area contributed by atoms with E-state index >= 15 is 0 Å². The van der Waals surface area contributed by atoms with Gasteiger partial charge in [-0.3, -0.25) is 4.79 Å². The molecule has 5 heteroatoms. The number of phenolic OH excluding ortho intramolecular Hbond substituents is 1. The quantitative estimate of drug-likeness (QED) is 0.735. The second-order valence-electron chi connectivity index (χ2n) is 4.76. The summed E-state index contributed by atoms with van der Waals surface area (Å²) < 4.78 is 12.3. The number of para-hydroxylation sites is 1. The van der Waals surface area contributed by atoms with Gasteiger partial charge in [-0.25, -0.2) is 0 Å². The summed E-state index contributed by atoms with van der Waals surface area (Å²) in [5.41, 5.74) is 1.20. The molecule has 0 amide bonds. The largest absolute Gasteiger partial charge is 0.502 e. The third-order valence-electron chi connectivity index (χ3n) is 3.71. The van der Waals surface area contributed by atoms with Gasteiger partial charge in [0, 0.05) is 12.4 Å². The van der Waals surface area contributed by atoms with E-state index in [1.54, 1.807) is 12.1 Å². The highest BCUT2D eigenvalue weighted by atomic mass is 16.5. The number of benzene rings is 2. The van der Waals surface area contributed by atoms with Crippen LogP contribution in [0.5, 0.6) is 17.2 Å². The molecule has 1 N–H and O–H groups in total. The van der Waals surface area contributed by atoms with E-state index < -0.39 is 0 Å². The Bertz CT molecular complexity index is 912. The molecule has 5 nitrogen and oxygen atoms in total. The van der Waals surface area contributed by atoms with Gasteiger partial charge < -0.3 is 19.1 Å². The van der Waals surface area contributed by atoms with Crippen molar-refractivity contribution in [1.82, 2.24) is 4.57 Å². The summed E-state index contributed by atoms with van der Waals surface area (Å²) >= 11 is 0. The van der Waals surface area contributed by atoms with E-state index in [1.165, 1.54) is 14.2 Å². The van der Waals surface area contributed by atoms with Crippen LogP contribution in [0, 0.1) is 0 Å². The van der Waals surface area contributed by atoms with E-state index in [0.717, 1.165) is 5.52 Å². The number of pyridine rings is 1. The van der Waals surface area contributed by atoms with Gasteiger partial charge in [0.05, 0.1) is 30.6 Å². The number of ether oxygens (including phenoxy) is 2. The number of hydrogen-bond acceptors (Lipinski definition) is 4. The normalized spacial score (nSPS) is 11.0. The highest BCUT2D eigenvalue weighted by Gasteiger charge is 2.19. The molecule has 2 aromatic carbocycles. The maximum Gasteiger partial charge on any atom is 0.203 e. The smallest absolute Gasteiger partial charge is 0.203 e. The molecule has 0 aliphatic heterocycles. The van der Waals surface area contributed by atoms with Crippen LogP contribution in [0.4, 0.5) is 0 Å². The Labute approximate surface area is 121 Å². The minimum Gasteiger partial charge on any atom is -0.502 e. The van der Waals surface area contributed by atoms with Crippen LogP contribution in [-0.2, 0) is 7.05 Å². The first-order valence-electron chi connectivity index (χ1n) is 6.45. The van der Waals surface area contributed by atoms with Crippen molar-refractivity contribution in [3.8, 4) is 17.2 Å². The van der Waals surface area contributed by atoms with Gasteiger partial charge in [-0.15, -0.1) is 0 Å². The van der Waals surface area contributed by atoms with Gasteiger partial charge in [-0.1, -0.05) is 12.1 Å². The van der Waals surface area contributed by atoms with E-state index in [0.29, 0.717) is 16.3 Å². The molecule has 3 aromatic rings. The number of aryl methyl sites for hydroxylation is 1. The van der Waals surface area contributed by atoms with Gasteiger partial charge in [0.1, 0.15) is 0 Å². The fraction of sp³-hybridized carbons (Fsp3) is 0.188. The number of fused-ring (bicyclic) bond motifs is 2. The van der Waals surface area contributed by atoms with Gasteiger partial charge >= 0.3 is 0 Å². The van der Waals surface area contributed by atoms with Crippen LogP contribution in [0.15, 0.2) is 35.1 Å². The summed E-state index contributed by atoms with van der Waals surface area (Å²) in [6.45, 7) is 0. The van der Waals surface area contributed by atoms with E-state index in [9.17, 15) is 9.90 Å². The lowest BCUT2D eigenvalue weighted by atomic mass is 10.1. The second kappa shape index (κ2) is 4.70. The molecule has 1 aromatic heterocycles. The van der Waals surface area contributed by atoms with Crippen LogP contribution in [-0.4, -0.2) is 23.9 Å². The lowest BCUT2D eigenvalue weighted by molar-refractivity contribution is 0.342. The standard InChI is InChI=1S/C16H15NO4/c1-17-11-7-5-4-6-9(11)14(18)10-8-12(20-2)15(19)16(21-3)13(10)17/h4-8,19H,1-3H3. The lowest BCUT2D eigenvalue weighted by Gasteiger charge is -2.16. The average molecular weight is 285 g/mol. The van der Waals surface area contributed by atoms with Crippen molar-refractivity contribution in [2.75, 3.05) is 14.2 Å². The molecule has 1 heterocycles. The van der Waals surface area contributed by atoms with Crippen molar-refractivity contribution in [1.29, 1.82) is 0 Å². The van der Waals surface area contributed by atoms with E-state index in [4.69, 9.17) is 9.47 Å². The van der Waals surface area contributed by atoms with Crippen LogP contribution in [0.3, 0.4) is 0 Å². The summed E-state index contributed by atoms with van der Waals surface area (Å²) in [6.07, 6.45) is 0. The van der Waals surface area contributed by atoms with Crippen LogP contribution in [0.25, 0.3) is 21.8 Å². The van der Waals surface area contributed by atoms with Crippen molar-refractivity contribution in [3.05, 3.63) is 40.6 Å². The molecule has 0 fully saturated rings. The third kappa shape index (κ3) is 1.74. The maximum absolute atomic E-state index is 12.7. The molecule has 0 aliphatic rings. The maximum atomic E-state index is 12.7. The number of rotatable bonds is 2. The number of hydrogen-bond donors (Lipinski definition) is 1. The number of phenols is 1. The highest BCUT2D eigenvalue weighted by Crippen LogP contribution is 2.42. The molecule has 108 valence electrons. The highest BCUT2D eigenvalue weighted by molar-refractivity contribution is 5.98. The van der Waals surface area contributed by atoms with Crippen molar-refractivity contribution in [3.63, 3.8) is 0 Å². The lowest BCUT2D eigenvalue weighted by Crippen LogP contribution is -2.10. The molecule has 21 heavy (non-hydrogen) atoms. The summed E-state index contributed by atoms with van der Waals surface area (Å²) in [5.74, 6) is 0.333. The zero-order chi connectivity index (χ0) is 15.1. The third-order valence-corrected chi connectivity index (χ3v) is 3.71. The van der Waals surface area contributed by atoms with Crippen molar-refractivity contribution < 1.29 is 14.6 Å². The summed E-state index contributed by atoms with van der Waals surface area (Å²) in [7, 11) is 4.72. The van der Waals surface area contributed by atoms with E-state index in [1.807, 2.05) is 29.8 Å². The van der Waals surface area contributed by atoms with Crippen LogP contribution >= 0.6 is 0 Å². The van der Waals surface area contributed by atoms with Crippen LogP contribution in [0.2, 0.25) is 0 Å². The van der Waals surface area contributed by atoms with Gasteiger partial charge in [0.15, 0.2) is 16.9 Å². The van der Waals surface area contributed by atoms with Crippen LogP contribution in [0.1, 0.15) is 0 Å². The van der Waals surface area contributed by atoms with Gasteiger partial charge in [0.25, 0.3) is 0 Å². The summed E-state index contributed by atoms with van der Waals surface area (Å²) in [5, 5.41) is 11.3. The van der Waals surface area contributed by atoms with E-state index in [2.05, 4.69) is 0 Å². The Morgan fingerprint density at radius 3 is 2.48 bits per heavy atom. The Kier molecular flexibility index (Phi) is 2.97. The molecule has 0 unspecified atom stereocenters. The van der Waals surface area contributed by atoms with Crippen LogP contribution < -0.4 is 14.9 Å². The molecule has 0 saturated heterocycles. The predicted octanol–water partition coefficient (Wildman–Crippen LogP) is 2.41. The second-order valence-corrected chi connectivity index (χ2v) is 4.76. The molecule has 0 atom stereocenters. The molecule has 0 aliphatic carbocycles. The minimum absolute atomic E-state index is 0.113. The van der Waals surface area contributed by atoms with Gasteiger partial charge in [-0.2, -0.15) is 0 Å². The Morgan fingerprint density at radius 2 is 1.81 bits per heavy atom. The molecule has 0 bridgehead atoms. The molecule has 3 rings (SSSR count). The number of nitrogens with zero attached hydrogens (tertiary/aromatic N) is 1. The van der Waals surface area contributed by atoms with Crippen molar-refractivity contribution >= 4 is 21.8 Å². The minimum atomic E-state index is -0.115. The predicted molar refractivity (Wildman–Crippen MR) is 81.5 cm³/mol. The molecule has 0 saturated carbocycles. The number of aromatic hydroxyl groups is 1. The zero-order valence-electron chi connectivity index (χ0n) is 12.0. The first-order valence-corrected chi connectivity index (χ1v) is 6.45. The fourth-order valence-electron chi connectivity index (χ4n) is 2.69. The number of aromatic nitrogens is 1. The van der Waals surface area contributed by atoms with Crippen molar-refractivity contribution in [2.24, 2.45) is 7.05 Å². The molecular formula is C16H15NO4. The molecule has 0 radical (unpaired) electrons. The summed E-state index contributed by atoms with van der Waals surface area (Å²) in [4.78, 5) is 12.7. The monoisotopic (exact) mass is 285 g/mol. The first-order chi connectivity index (χ1) is 10.1. The summed E-state index contributed by atoms with van der Waals surface area (Å²) in [6, 6.07) is 8.87. The average Bonchev–Trinajstić information content (AvgIpc) is 2.52. The number of methoxy groups -OCH3 is 2. The Hall–Kier alpha value is -2.69. The van der Waals surface area contributed by atoms with Crippen molar-refractivity contribution in [2.45, 2.75) is 0 Å². The Balaban J connectivity index is 2.66. The first kappa shape index (κ1) is 13.3. The zero-order valence-corrected chi connectivity index (χ0v) is 12.0. The molecule has 0 spiro atoms.